The van der Waals surface area contributed by atoms with Crippen LogP contribution in [0.15, 0.2) is 24.3 Å². The van der Waals surface area contributed by atoms with Gasteiger partial charge in [-0.05, 0) is 46.3 Å². The number of rotatable bonds is 7. The summed E-state index contributed by atoms with van der Waals surface area (Å²) >= 11 is 0. The Labute approximate surface area is 110 Å². The Morgan fingerprint density at radius 1 is 1.33 bits per heavy atom. The van der Waals surface area contributed by atoms with Gasteiger partial charge in [-0.15, -0.1) is 0 Å². The molecule has 0 aliphatic heterocycles. The number of hydrogen-bond acceptors (Lipinski definition) is 3. The van der Waals surface area contributed by atoms with Crippen molar-refractivity contribution >= 4 is 0 Å². The minimum Gasteiger partial charge on any atom is -0.491 e. The highest BCUT2D eigenvalue weighted by atomic mass is 16.5. The third-order valence-corrected chi connectivity index (χ3v) is 2.87. The molecule has 0 saturated heterocycles. The highest BCUT2D eigenvalue weighted by molar-refractivity contribution is 5.37. The molecule has 0 heterocycles. The first-order valence-corrected chi connectivity index (χ1v) is 6.66. The second-order valence-corrected chi connectivity index (χ2v) is 5.04. The molecule has 0 bridgehead atoms. The standard InChI is InChI=1S/C15H25NO2/c1-5-16-11-10-15(4,17)13-8-6-7-9-14(13)18-12(2)3/h6-9,12,16-17H,5,10-11H2,1-4H3. The molecule has 0 aliphatic rings. The molecule has 1 aromatic rings. The van der Waals surface area contributed by atoms with Crippen LogP contribution in [0.5, 0.6) is 5.75 Å². The number of aliphatic hydroxyl groups is 1. The summed E-state index contributed by atoms with van der Waals surface area (Å²) in [5.41, 5.74) is -0.00944. The second kappa shape index (κ2) is 6.76. The molecular weight excluding hydrogens is 226 g/mol. The summed E-state index contributed by atoms with van der Waals surface area (Å²) in [6.07, 6.45) is 0.773. The Morgan fingerprint density at radius 3 is 2.61 bits per heavy atom. The molecule has 1 unspecified atom stereocenters. The summed E-state index contributed by atoms with van der Waals surface area (Å²) in [6, 6.07) is 7.71. The van der Waals surface area contributed by atoms with Gasteiger partial charge in [0, 0.05) is 5.56 Å². The normalized spacial score (nSPS) is 14.6. The van der Waals surface area contributed by atoms with Gasteiger partial charge in [-0.1, -0.05) is 25.1 Å². The molecule has 3 heteroatoms. The molecule has 102 valence electrons. The van der Waals surface area contributed by atoms with Crippen LogP contribution in [-0.4, -0.2) is 24.3 Å². The first-order chi connectivity index (χ1) is 8.47. The van der Waals surface area contributed by atoms with Gasteiger partial charge < -0.3 is 15.2 Å². The van der Waals surface area contributed by atoms with E-state index in [0.29, 0.717) is 6.42 Å². The molecule has 0 radical (unpaired) electrons. The van der Waals surface area contributed by atoms with Crippen LogP contribution >= 0.6 is 0 Å². The van der Waals surface area contributed by atoms with Gasteiger partial charge in [-0.2, -0.15) is 0 Å². The van der Waals surface area contributed by atoms with Crippen LogP contribution in [0, 0.1) is 0 Å². The van der Waals surface area contributed by atoms with Crippen LogP contribution < -0.4 is 10.1 Å². The van der Waals surface area contributed by atoms with Gasteiger partial charge in [0.15, 0.2) is 0 Å². The van der Waals surface area contributed by atoms with Crippen LogP contribution in [0.1, 0.15) is 39.7 Å². The smallest absolute Gasteiger partial charge is 0.125 e. The minimum atomic E-state index is -0.867. The molecule has 0 saturated carbocycles. The molecule has 0 fully saturated rings. The lowest BCUT2D eigenvalue weighted by Crippen LogP contribution is -2.28. The van der Waals surface area contributed by atoms with Gasteiger partial charge in [0.1, 0.15) is 5.75 Å². The molecule has 18 heavy (non-hydrogen) atoms. The van der Waals surface area contributed by atoms with Crippen molar-refractivity contribution in [2.45, 2.75) is 45.8 Å². The van der Waals surface area contributed by atoms with Gasteiger partial charge >= 0.3 is 0 Å². The molecule has 0 aromatic heterocycles. The van der Waals surface area contributed by atoms with E-state index < -0.39 is 5.60 Å². The zero-order chi connectivity index (χ0) is 13.6. The van der Waals surface area contributed by atoms with Crippen LogP contribution in [0.25, 0.3) is 0 Å². The molecule has 3 nitrogen and oxygen atoms in total. The number of nitrogens with one attached hydrogen (secondary N) is 1. The third-order valence-electron chi connectivity index (χ3n) is 2.87. The predicted molar refractivity (Wildman–Crippen MR) is 74.9 cm³/mol. The summed E-state index contributed by atoms with van der Waals surface area (Å²) in [7, 11) is 0. The van der Waals surface area contributed by atoms with Gasteiger partial charge in [-0.25, -0.2) is 0 Å². The highest BCUT2D eigenvalue weighted by Crippen LogP contribution is 2.32. The zero-order valence-electron chi connectivity index (χ0n) is 11.9. The lowest BCUT2D eigenvalue weighted by Gasteiger charge is -2.27. The Balaban J connectivity index is 2.85. The molecule has 1 aromatic carbocycles. The monoisotopic (exact) mass is 251 g/mol. The van der Waals surface area contributed by atoms with Crippen molar-refractivity contribution in [2.24, 2.45) is 0 Å². The Bertz CT molecular complexity index is 361. The SMILES string of the molecule is CCNCCC(C)(O)c1ccccc1OC(C)C. The van der Waals surface area contributed by atoms with E-state index in [1.54, 1.807) is 0 Å². The molecule has 0 aliphatic carbocycles. The van der Waals surface area contributed by atoms with E-state index in [1.165, 1.54) is 0 Å². The topological polar surface area (TPSA) is 41.5 Å². The van der Waals surface area contributed by atoms with Crippen molar-refractivity contribution in [3.05, 3.63) is 29.8 Å². The Kier molecular flexibility index (Phi) is 5.63. The maximum atomic E-state index is 10.6. The third kappa shape index (κ3) is 4.31. The van der Waals surface area contributed by atoms with Crippen molar-refractivity contribution < 1.29 is 9.84 Å². The van der Waals surface area contributed by atoms with Crippen LogP contribution in [0.2, 0.25) is 0 Å². The number of para-hydroxylation sites is 1. The van der Waals surface area contributed by atoms with Crippen molar-refractivity contribution in [2.75, 3.05) is 13.1 Å². The maximum absolute atomic E-state index is 10.6. The predicted octanol–water partition coefficient (Wildman–Crippen LogP) is 2.68. The van der Waals surface area contributed by atoms with E-state index in [4.69, 9.17) is 4.74 Å². The van der Waals surface area contributed by atoms with E-state index in [2.05, 4.69) is 12.2 Å². The van der Waals surface area contributed by atoms with E-state index in [9.17, 15) is 5.11 Å². The van der Waals surface area contributed by atoms with Crippen LogP contribution in [0.4, 0.5) is 0 Å². The zero-order valence-corrected chi connectivity index (χ0v) is 11.9. The average molecular weight is 251 g/mol. The number of hydrogen-bond donors (Lipinski definition) is 2. The van der Waals surface area contributed by atoms with E-state index in [1.807, 2.05) is 45.0 Å². The molecule has 1 rings (SSSR count). The molecule has 0 spiro atoms. The summed E-state index contributed by atoms with van der Waals surface area (Å²) in [4.78, 5) is 0. The van der Waals surface area contributed by atoms with E-state index in [0.717, 1.165) is 24.4 Å². The summed E-state index contributed by atoms with van der Waals surface area (Å²) in [5, 5.41) is 13.8. The second-order valence-electron chi connectivity index (χ2n) is 5.04. The number of benzene rings is 1. The molecular formula is C15H25NO2. The van der Waals surface area contributed by atoms with Crippen molar-refractivity contribution in [3.63, 3.8) is 0 Å². The van der Waals surface area contributed by atoms with Gasteiger partial charge in [0.25, 0.3) is 0 Å². The minimum absolute atomic E-state index is 0.107. The van der Waals surface area contributed by atoms with E-state index in [-0.39, 0.29) is 6.10 Å². The Hall–Kier alpha value is -1.06. The first kappa shape index (κ1) is 15.0. The molecule has 2 N–H and O–H groups in total. The average Bonchev–Trinajstić information content (AvgIpc) is 2.29. The Morgan fingerprint density at radius 2 is 2.00 bits per heavy atom. The lowest BCUT2D eigenvalue weighted by atomic mass is 9.91. The number of ether oxygens (including phenoxy) is 1. The fourth-order valence-corrected chi connectivity index (χ4v) is 1.91. The quantitative estimate of drug-likeness (QED) is 0.732. The maximum Gasteiger partial charge on any atom is 0.125 e. The van der Waals surface area contributed by atoms with Gasteiger partial charge in [-0.3, -0.25) is 0 Å². The lowest BCUT2D eigenvalue weighted by molar-refractivity contribution is 0.0439. The fourth-order valence-electron chi connectivity index (χ4n) is 1.91. The summed E-state index contributed by atoms with van der Waals surface area (Å²) in [6.45, 7) is 9.59. The van der Waals surface area contributed by atoms with Crippen LogP contribution in [0.3, 0.4) is 0 Å². The van der Waals surface area contributed by atoms with Crippen molar-refractivity contribution in [1.82, 2.24) is 5.32 Å². The van der Waals surface area contributed by atoms with Gasteiger partial charge in [0.2, 0.25) is 0 Å². The van der Waals surface area contributed by atoms with Crippen molar-refractivity contribution in [1.29, 1.82) is 0 Å². The highest BCUT2D eigenvalue weighted by Gasteiger charge is 2.26. The molecule has 1 atom stereocenters. The molecule has 0 amide bonds. The largest absolute Gasteiger partial charge is 0.491 e. The fraction of sp³-hybridized carbons (Fsp3) is 0.600. The summed E-state index contributed by atoms with van der Waals surface area (Å²) in [5.74, 6) is 0.772. The van der Waals surface area contributed by atoms with Crippen molar-refractivity contribution in [3.8, 4) is 5.75 Å². The van der Waals surface area contributed by atoms with Gasteiger partial charge in [0.05, 0.1) is 11.7 Å². The van der Waals surface area contributed by atoms with Crippen LogP contribution in [-0.2, 0) is 5.60 Å². The first-order valence-electron chi connectivity index (χ1n) is 6.66. The summed E-state index contributed by atoms with van der Waals surface area (Å²) < 4.78 is 5.76. The van der Waals surface area contributed by atoms with E-state index >= 15 is 0 Å².